The average Bonchev–Trinajstić information content (AvgIpc) is 4.51. The standard InChI is InChI=1S/2C33H31NP3.2C4H8O.2Co/c2*1-6-16-29(17-7-1)35-26-34(27-36(30-18-8-2-9-19-30)31-20-10-3-11-21-31)28-37(32-22-12-4-13-23-32)33-24-14-5-15-25-33;2*1-2-4-5-3-1;;/h2*1-25H,26-28H2;2*1-4H2;;/q2*-1;;;;/p+4. The summed E-state index contributed by atoms with van der Waals surface area (Å²) in [6.45, 7) is 4.00. The van der Waals surface area contributed by atoms with Crippen molar-refractivity contribution >= 4 is 102 Å². The van der Waals surface area contributed by atoms with Crippen LogP contribution in [0.1, 0.15) is 25.7 Å². The first-order valence-corrected chi connectivity index (χ1v) is 38.6. The van der Waals surface area contributed by atoms with Crippen molar-refractivity contribution in [1.82, 2.24) is 9.80 Å². The van der Waals surface area contributed by atoms with Gasteiger partial charge in [-0.2, -0.15) is 0 Å². The fourth-order valence-electron chi connectivity index (χ4n) is 10.2. The maximum Gasteiger partial charge on any atom is 0.119 e. The molecule has 0 saturated carbocycles. The Hall–Kier alpha value is -4.37. The molecule has 2 saturated heterocycles. The molecule has 0 N–H and O–H groups in total. The smallest absolute Gasteiger partial charge is 0.119 e. The maximum atomic E-state index is 4.94. The van der Waals surface area contributed by atoms with Gasteiger partial charge in [-0.25, -0.2) is 10.6 Å². The van der Waals surface area contributed by atoms with Crippen molar-refractivity contribution in [3.8, 4) is 0 Å². The average molecular weight is 1340 g/mol. The van der Waals surface area contributed by atoms with Gasteiger partial charge in [0, 0.05) is 60.0 Å². The van der Waals surface area contributed by atoms with Gasteiger partial charge in [0.05, 0.1) is 74.1 Å². The molecule has 2 aliphatic heterocycles. The van der Waals surface area contributed by atoms with Gasteiger partial charge in [-0.3, -0.25) is 9.80 Å². The summed E-state index contributed by atoms with van der Waals surface area (Å²) in [6.07, 6.45) is 11.5. The molecule has 0 amide bonds. The number of hydrogen-bond acceptors (Lipinski definition) is 4. The molecule has 86 heavy (non-hydrogen) atoms. The Labute approximate surface area is 543 Å². The molecule has 2 fully saturated rings. The molecule has 0 aliphatic carbocycles. The number of benzene rings is 10. The number of rotatable bonds is 22. The van der Waals surface area contributed by atoms with Gasteiger partial charge in [-0.05, 0) is 123 Å². The van der Waals surface area contributed by atoms with E-state index in [-0.39, 0.29) is 33.6 Å². The van der Waals surface area contributed by atoms with Gasteiger partial charge in [0.2, 0.25) is 0 Å². The summed E-state index contributed by atoms with van der Waals surface area (Å²) in [6, 6.07) is 111. The van der Waals surface area contributed by atoms with Crippen LogP contribution in [0.15, 0.2) is 303 Å². The first-order chi connectivity index (χ1) is 41.7. The summed E-state index contributed by atoms with van der Waals surface area (Å²) in [5, 5.41) is 14.6. The van der Waals surface area contributed by atoms with Crippen molar-refractivity contribution in [1.29, 1.82) is 0 Å². The number of hydrogen-bond donors (Lipinski definition) is 0. The molecule has 2 radical (unpaired) electrons. The van der Waals surface area contributed by atoms with E-state index in [4.69, 9.17) is 9.47 Å². The largest absolute Gasteiger partial charge is 0.490 e. The van der Waals surface area contributed by atoms with Crippen molar-refractivity contribution in [3.63, 3.8) is 0 Å². The van der Waals surface area contributed by atoms with Crippen LogP contribution in [0.2, 0.25) is 0 Å². The van der Waals surface area contributed by atoms with E-state index in [9.17, 15) is 0 Å². The molecule has 0 atom stereocenters. The van der Waals surface area contributed by atoms with Crippen LogP contribution >= 0.6 is 48.8 Å². The molecule has 0 spiro atoms. The second-order valence-corrected chi connectivity index (χ2v) is 32.7. The topological polar surface area (TPSA) is 24.9 Å². The summed E-state index contributed by atoms with van der Waals surface area (Å²) in [4.78, 5) is 5.52. The summed E-state index contributed by atoms with van der Waals surface area (Å²) >= 11 is 0. The zero-order chi connectivity index (χ0) is 57.3. The van der Waals surface area contributed by atoms with E-state index in [0.29, 0.717) is 0 Å². The normalized spacial score (nSPS) is 12.8. The van der Waals surface area contributed by atoms with E-state index >= 15 is 0 Å². The van der Waals surface area contributed by atoms with Crippen LogP contribution in [-0.2, 0) is 43.0 Å². The van der Waals surface area contributed by atoms with Crippen LogP contribution in [0.25, 0.3) is 0 Å². The summed E-state index contributed by atoms with van der Waals surface area (Å²) < 4.78 is 9.89. The Morgan fingerprint density at radius 2 is 0.407 bits per heavy atom. The number of ether oxygens (including phenoxy) is 2. The Balaban J connectivity index is 0.000000207. The van der Waals surface area contributed by atoms with Crippen molar-refractivity contribution < 1.29 is 43.0 Å². The molecule has 2 heterocycles. The van der Waals surface area contributed by atoms with E-state index < -0.39 is 31.7 Å². The predicted molar refractivity (Wildman–Crippen MR) is 381 cm³/mol. The third-order valence-electron chi connectivity index (χ3n) is 14.6. The molecule has 10 aromatic carbocycles. The van der Waals surface area contributed by atoms with Gasteiger partial charge < -0.3 is 26.6 Å². The zero-order valence-corrected chi connectivity index (χ0v) is 56.9. The monoisotopic (exact) mass is 1330 g/mol. The molecule has 12 heteroatoms. The van der Waals surface area contributed by atoms with Crippen LogP contribution in [-0.4, -0.2) is 73.9 Å². The molecular weight excluding hydrogens is 1250 g/mol. The van der Waals surface area contributed by atoms with Crippen LogP contribution in [0, 0.1) is 0 Å². The molecule has 0 aromatic heterocycles. The van der Waals surface area contributed by atoms with Crippen molar-refractivity contribution in [2.45, 2.75) is 25.7 Å². The molecule has 2 aliphatic rings. The summed E-state index contributed by atoms with van der Waals surface area (Å²) in [5.41, 5.74) is 0. The Morgan fingerprint density at radius 3 is 0.558 bits per heavy atom. The Morgan fingerprint density at radius 1 is 0.244 bits per heavy atom. The van der Waals surface area contributed by atoms with Crippen molar-refractivity contribution in [3.05, 3.63) is 303 Å². The van der Waals surface area contributed by atoms with Crippen LogP contribution < -0.4 is 53.0 Å². The predicted octanol–water partition coefficient (Wildman–Crippen LogP) is 13.9. The molecule has 446 valence electrons. The SMILES string of the molecule is C1CCOC1.C1CCOC1.[Co].[Co].c1ccc([P-]CN(C[PH+](c2ccccc2)c2ccccc2)C[PH+](c2ccccc2)c2ccccc2)cc1.c1ccc([P-]CN(C[PH+](c2ccccc2)c2ccccc2)C[PH+](c2ccccc2)c2ccccc2)cc1. The molecule has 12 rings (SSSR count). The fraction of sp³-hybridized carbons (Fsp3) is 0.189. The van der Waals surface area contributed by atoms with Gasteiger partial charge in [-0.1, -0.05) is 206 Å². The quantitative estimate of drug-likeness (QED) is 0.0632. The molecule has 4 nitrogen and oxygen atoms in total. The van der Waals surface area contributed by atoms with Crippen LogP contribution in [0.5, 0.6) is 0 Å². The van der Waals surface area contributed by atoms with E-state index in [1.165, 1.54) is 95.9 Å². The summed E-state index contributed by atoms with van der Waals surface area (Å²) in [7, 11) is -1.16. The zero-order valence-electron chi connectivity index (χ0n) is 49.0. The van der Waals surface area contributed by atoms with Gasteiger partial charge in [0.15, 0.2) is 0 Å². The van der Waals surface area contributed by atoms with E-state index in [1.807, 2.05) is 0 Å². The molecule has 0 unspecified atom stereocenters. The van der Waals surface area contributed by atoms with Gasteiger partial charge in [0.25, 0.3) is 0 Å². The third kappa shape index (κ3) is 23.9. The second-order valence-electron chi connectivity index (χ2n) is 20.7. The number of nitrogens with zero attached hydrogens (tertiary/aromatic N) is 2. The first kappa shape index (κ1) is 69.1. The minimum Gasteiger partial charge on any atom is -0.490 e. The first-order valence-electron chi connectivity index (χ1n) is 29.7. The van der Waals surface area contributed by atoms with E-state index in [2.05, 4.69) is 313 Å². The Kier molecular flexibility index (Phi) is 33.0. The van der Waals surface area contributed by atoms with E-state index in [0.717, 1.165) is 64.1 Å². The molecule has 0 bridgehead atoms. The second kappa shape index (κ2) is 41.0. The summed E-state index contributed by atoms with van der Waals surface area (Å²) in [5.74, 6) is 0. The van der Waals surface area contributed by atoms with Crippen molar-refractivity contribution in [2.24, 2.45) is 0 Å². The molecule has 10 aromatic rings. The van der Waals surface area contributed by atoms with Crippen LogP contribution in [0.3, 0.4) is 0 Å². The van der Waals surface area contributed by atoms with E-state index in [1.54, 1.807) is 0 Å². The van der Waals surface area contributed by atoms with Crippen molar-refractivity contribution in [2.75, 3.05) is 64.1 Å². The van der Waals surface area contributed by atoms with Gasteiger partial charge in [-0.15, -0.1) is 12.6 Å². The van der Waals surface area contributed by atoms with Crippen LogP contribution in [0.4, 0.5) is 0 Å². The van der Waals surface area contributed by atoms with Gasteiger partial charge >= 0.3 is 0 Å². The minimum absolute atomic E-state index is 0. The van der Waals surface area contributed by atoms with Gasteiger partial charge in [0.1, 0.15) is 25.1 Å². The minimum atomic E-state index is -0.972. The third-order valence-corrected chi connectivity index (χ3v) is 28.3. The fourth-order valence-corrected chi connectivity index (χ4v) is 23.5. The maximum absolute atomic E-state index is 4.94. The molecular formula is C74H82Co2N2O2P6+2. The Bertz CT molecular complexity index is 2700.